The summed E-state index contributed by atoms with van der Waals surface area (Å²) in [6, 6.07) is 4.02. The van der Waals surface area contributed by atoms with E-state index in [4.69, 9.17) is 14.2 Å². The summed E-state index contributed by atoms with van der Waals surface area (Å²) in [4.78, 5) is 14.8. The fraction of sp³-hybridized carbons (Fsp3) is 0.611. The van der Waals surface area contributed by atoms with Gasteiger partial charge in [-0.25, -0.2) is 0 Å². The van der Waals surface area contributed by atoms with E-state index < -0.39 is 0 Å². The van der Waals surface area contributed by atoms with E-state index in [1.54, 1.807) is 7.11 Å². The van der Waals surface area contributed by atoms with E-state index in [2.05, 4.69) is 29.8 Å². The molecule has 0 fully saturated rings. The maximum Gasteiger partial charge on any atom is 0.227 e. The average Bonchev–Trinajstić information content (AvgIpc) is 2.59. The van der Waals surface area contributed by atoms with Crippen LogP contribution in [-0.4, -0.2) is 50.3 Å². The van der Waals surface area contributed by atoms with Crippen molar-refractivity contribution in [2.24, 2.45) is 0 Å². The van der Waals surface area contributed by atoms with Crippen LogP contribution in [0.25, 0.3) is 0 Å². The van der Waals surface area contributed by atoms with E-state index in [1.165, 1.54) is 0 Å². The molecular formula is C18H26BrNO4. The number of methoxy groups -OCH3 is 1. The molecule has 134 valence electrons. The zero-order valence-corrected chi connectivity index (χ0v) is 16.2. The van der Waals surface area contributed by atoms with Crippen LogP contribution in [0.15, 0.2) is 16.6 Å². The van der Waals surface area contributed by atoms with Gasteiger partial charge >= 0.3 is 0 Å². The molecule has 1 heterocycles. The predicted octanol–water partition coefficient (Wildman–Crippen LogP) is 3.43. The normalized spacial score (nSPS) is 13.2. The molecule has 0 unspecified atom stereocenters. The molecule has 1 aliphatic heterocycles. The number of carbonyl (C=O) groups is 1. The highest BCUT2D eigenvalue weighted by atomic mass is 79.9. The Labute approximate surface area is 152 Å². The van der Waals surface area contributed by atoms with Gasteiger partial charge in [0, 0.05) is 24.2 Å². The molecule has 0 aliphatic carbocycles. The van der Waals surface area contributed by atoms with Crippen molar-refractivity contribution in [2.75, 3.05) is 33.5 Å². The lowest BCUT2D eigenvalue weighted by molar-refractivity contribution is -0.133. The van der Waals surface area contributed by atoms with Crippen molar-refractivity contribution in [1.82, 2.24) is 4.90 Å². The fourth-order valence-electron chi connectivity index (χ4n) is 2.94. The molecule has 0 saturated carbocycles. The van der Waals surface area contributed by atoms with Crippen molar-refractivity contribution in [2.45, 2.75) is 39.2 Å². The van der Waals surface area contributed by atoms with Crippen LogP contribution in [0, 0.1) is 0 Å². The summed E-state index contributed by atoms with van der Waals surface area (Å²) < 4.78 is 17.2. The molecule has 1 amide bonds. The Morgan fingerprint density at radius 2 is 1.88 bits per heavy atom. The molecule has 0 bridgehead atoms. The zero-order valence-electron chi connectivity index (χ0n) is 14.6. The standard InChI is InChI=1S/C18H26BrNO4/c1-4-14(5-2)20(6-7-22-3)18(21)11-13-10-16-17(12-15(13)19)24-9-8-23-16/h10,12,14H,4-9,11H2,1-3H3. The predicted molar refractivity (Wildman–Crippen MR) is 96.8 cm³/mol. The van der Waals surface area contributed by atoms with E-state index in [0.29, 0.717) is 38.5 Å². The zero-order chi connectivity index (χ0) is 17.5. The Balaban J connectivity index is 2.16. The molecule has 1 aliphatic rings. The summed E-state index contributed by atoms with van der Waals surface area (Å²) in [7, 11) is 1.66. The Kier molecular flexibility index (Phi) is 7.37. The van der Waals surface area contributed by atoms with Crippen LogP contribution in [0.5, 0.6) is 11.5 Å². The Morgan fingerprint density at radius 1 is 1.25 bits per heavy atom. The third-order valence-corrected chi connectivity index (χ3v) is 5.03. The van der Waals surface area contributed by atoms with Gasteiger partial charge in [0.2, 0.25) is 5.91 Å². The highest BCUT2D eigenvalue weighted by Crippen LogP contribution is 2.36. The Hall–Kier alpha value is -1.27. The lowest BCUT2D eigenvalue weighted by atomic mass is 10.1. The van der Waals surface area contributed by atoms with E-state index in [-0.39, 0.29) is 11.9 Å². The third-order valence-electron chi connectivity index (χ3n) is 4.29. The van der Waals surface area contributed by atoms with Crippen LogP contribution in [0.4, 0.5) is 0 Å². The van der Waals surface area contributed by atoms with Crippen molar-refractivity contribution in [3.63, 3.8) is 0 Å². The van der Waals surface area contributed by atoms with Gasteiger partial charge in [-0.05, 0) is 30.5 Å². The summed E-state index contributed by atoms with van der Waals surface area (Å²) >= 11 is 3.55. The smallest absolute Gasteiger partial charge is 0.227 e. The monoisotopic (exact) mass is 399 g/mol. The van der Waals surface area contributed by atoms with Gasteiger partial charge in [-0.2, -0.15) is 0 Å². The van der Waals surface area contributed by atoms with Crippen molar-refractivity contribution >= 4 is 21.8 Å². The summed E-state index contributed by atoms with van der Waals surface area (Å²) in [5, 5.41) is 0. The van der Waals surface area contributed by atoms with Crippen LogP contribution in [0.2, 0.25) is 0 Å². The van der Waals surface area contributed by atoms with Crippen molar-refractivity contribution < 1.29 is 19.0 Å². The molecule has 5 nitrogen and oxygen atoms in total. The van der Waals surface area contributed by atoms with Gasteiger partial charge in [0.1, 0.15) is 13.2 Å². The topological polar surface area (TPSA) is 48.0 Å². The van der Waals surface area contributed by atoms with E-state index >= 15 is 0 Å². The number of hydrogen-bond acceptors (Lipinski definition) is 4. The van der Waals surface area contributed by atoms with Gasteiger partial charge in [-0.3, -0.25) is 4.79 Å². The lowest BCUT2D eigenvalue weighted by Crippen LogP contribution is -2.42. The Morgan fingerprint density at radius 3 is 2.46 bits per heavy atom. The largest absolute Gasteiger partial charge is 0.486 e. The Bertz CT molecular complexity index is 560. The minimum Gasteiger partial charge on any atom is -0.486 e. The van der Waals surface area contributed by atoms with Crippen molar-refractivity contribution in [1.29, 1.82) is 0 Å². The lowest BCUT2D eigenvalue weighted by Gasteiger charge is -2.31. The first kappa shape index (κ1) is 19.1. The second-order valence-electron chi connectivity index (χ2n) is 5.81. The molecule has 2 rings (SSSR count). The van der Waals surface area contributed by atoms with Gasteiger partial charge in [0.25, 0.3) is 0 Å². The number of hydrogen-bond donors (Lipinski definition) is 0. The number of ether oxygens (including phenoxy) is 3. The van der Waals surface area contributed by atoms with E-state index in [9.17, 15) is 4.79 Å². The van der Waals surface area contributed by atoms with Gasteiger partial charge in [0.15, 0.2) is 11.5 Å². The van der Waals surface area contributed by atoms with Crippen molar-refractivity contribution in [3.05, 3.63) is 22.2 Å². The number of fused-ring (bicyclic) bond motifs is 1. The number of rotatable bonds is 8. The number of carbonyl (C=O) groups excluding carboxylic acids is 1. The first-order valence-electron chi connectivity index (χ1n) is 8.47. The molecule has 0 radical (unpaired) electrons. The van der Waals surface area contributed by atoms with Crippen LogP contribution in [-0.2, 0) is 16.0 Å². The summed E-state index contributed by atoms with van der Waals surface area (Å²) in [5.74, 6) is 1.54. The molecule has 0 atom stereocenters. The molecule has 0 saturated heterocycles. The summed E-state index contributed by atoms with van der Waals surface area (Å²) in [6.45, 7) is 6.48. The molecule has 0 aromatic heterocycles. The fourth-order valence-corrected chi connectivity index (χ4v) is 3.40. The molecular weight excluding hydrogens is 374 g/mol. The molecule has 24 heavy (non-hydrogen) atoms. The van der Waals surface area contributed by atoms with Crippen LogP contribution in [0.3, 0.4) is 0 Å². The van der Waals surface area contributed by atoms with Crippen LogP contribution >= 0.6 is 15.9 Å². The van der Waals surface area contributed by atoms with E-state index in [0.717, 1.165) is 28.6 Å². The minimum absolute atomic E-state index is 0.109. The highest BCUT2D eigenvalue weighted by Gasteiger charge is 2.23. The molecule has 6 heteroatoms. The van der Waals surface area contributed by atoms with Crippen LogP contribution in [0.1, 0.15) is 32.3 Å². The first-order valence-corrected chi connectivity index (χ1v) is 9.26. The maximum absolute atomic E-state index is 12.9. The first-order chi connectivity index (χ1) is 11.6. The van der Waals surface area contributed by atoms with Crippen molar-refractivity contribution in [3.8, 4) is 11.5 Å². The number of benzene rings is 1. The molecule has 1 aromatic carbocycles. The van der Waals surface area contributed by atoms with Crippen LogP contribution < -0.4 is 9.47 Å². The average molecular weight is 400 g/mol. The highest BCUT2D eigenvalue weighted by molar-refractivity contribution is 9.10. The minimum atomic E-state index is 0.109. The van der Waals surface area contributed by atoms with Gasteiger partial charge in [0.05, 0.1) is 13.0 Å². The molecule has 0 N–H and O–H groups in total. The molecule has 1 aromatic rings. The maximum atomic E-state index is 12.9. The molecule has 0 spiro atoms. The summed E-state index contributed by atoms with van der Waals surface area (Å²) in [5.41, 5.74) is 0.914. The second kappa shape index (κ2) is 9.28. The SMILES string of the molecule is CCC(CC)N(CCOC)C(=O)Cc1cc2c(cc1Br)OCCO2. The number of halogens is 1. The quantitative estimate of drug-likeness (QED) is 0.671. The van der Waals surface area contributed by atoms with E-state index in [1.807, 2.05) is 17.0 Å². The number of amides is 1. The van der Waals surface area contributed by atoms with Gasteiger partial charge in [-0.15, -0.1) is 0 Å². The van der Waals surface area contributed by atoms with Gasteiger partial charge in [-0.1, -0.05) is 29.8 Å². The van der Waals surface area contributed by atoms with Gasteiger partial charge < -0.3 is 19.1 Å². The second-order valence-corrected chi connectivity index (χ2v) is 6.67. The third kappa shape index (κ3) is 4.63. The number of nitrogens with zero attached hydrogens (tertiary/aromatic N) is 1. The summed E-state index contributed by atoms with van der Waals surface area (Å²) in [6.07, 6.45) is 2.21.